The Kier molecular flexibility index (Phi) is 6.74. The third-order valence-corrected chi connectivity index (χ3v) is 4.22. The number of nitrogens with one attached hydrogen (secondary N) is 1. The normalized spacial score (nSPS) is 13.1. The van der Waals surface area contributed by atoms with Crippen LogP contribution in [-0.4, -0.2) is 18.2 Å². The number of aryl methyl sites for hydroxylation is 2. The first kappa shape index (κ1) is 17.9. The van der Waals surface area contributed by atoms with Crippen LogP contribution < -0.4 is 5.32 Å². The standard InChI is InChI=1S/C21H25NO2/c1-16-8-11-19(12-9-16)14-20(15-23)22-21(24)17(2)10-13-18-6-4-3-5-7-18/h3-9,11-12,15,17,20H,10,13-14H2,1-2H3,(H,22,24)/t17-,20+/m1/s1. The van der Waals surface area contributed by atoms with Gasteiger partial charge in [-0.3, -0.25) is 4.79 Å². The summed E-state index contributed by atoms with van der Waals surface area (Å²) in [5.74, 6) is -0.180. The van der Waals surface area contributed by atoms with Gasteiger partial charge in [-0.25, -0.2) is 0 Å². The Balaban J connectivity index is 1.84. The highest BCUT2D eigenvalue weighted by molar-refractivity contribution is 5.81. The Morgan fingerprint density at radius 1 is 1.04 bits per heavy atom. The Bertz CT molecular complexity index is 649. The molecule has 0 saturated carbocycles. The van der Waals surface area contributed by atoms with Crippen LogP contribution in [0.3, 0.4) is 0 Å². The molecule has 1 N–H and O–H groups in total. The summed E-state index contributed by atoms with van der Waals surface area (Å²) in [6, 6.07) is 17.7. The second-order valence-corrected chi connectivity index (χ2v) is 6.37. The zero-order chi connectivity index (χ0) is 17.4. The molecule has 24 heavy (non-hydrogen) atoms. The SMILES string of the molecule is Cc1ccc(C[C@@H](C=O)NC(=O)[C@H](C)CCc2ccccc2)cc1. The van der Waals surface area contributed by atoms with E-state index in [1.165, 1.54) is 11.1 Å². The van der Waals surface area contributed by atoms with Gasteiger partial charge in [0.1, 0.15) is 6.29 Å². The average Bonchev–Trinajstić information content (AvgIpc) is 2.61. The number of hydrogen-bond acceptors (Lipinski definition) is 2. The quantitative estimate of drug-likeness (QED) is 0.756. The fourth-order valence-corrected chi connectivity index (χ4v) is 2.60. The number of benzene rings is 2. The van der Waals surface area contributed by atoms with Crippen molar-refractivity contribution < 1.29 is 9.59 Å². The first-order valence-electron chi connectivity index (χ1n) is 8.43. The molecule has 1 amide bonds. The van der Waals surface area contributed by atoms with E-state index in [0.717, 1.165) is 24.7 Å². The summed E-state index contributed by atoms with van der Waals surface area (Å²) < 4.78 is 0. The lowest BCUT2D eigenvalue weighted by molar-refractivity contribution is -0.127. The van der Waals surface area contributed by atoms with Gasteiger partial charge in [0.05, 0.1) is 6.04 Å². The third kappa shape index (κ3) is 5.65. The van der Waals surface area contributed by atoms with Crippen molar-refractivity contribution in [3.05, 3.63) is 71.3 Å². The minimum atomic E-state index is -0.473. The summed E-state index contributed by atoms with van der Waals surface area (Å²) in [4.78, 5) is 23.6. The molecule has 0 fully saturated rings. The molecule has 0 bridgehead atoms. The van der Waals surface area contributed by atoms with E-state index in [9.17, 15) is 9.59 Å². The van der Waals surface area contributed by atoms with Crippen LogP contribution in [0.25, 0.3) is 0 Å². The lowest BCUT2D eigenvalue weighted by Crippen LogP contribution is -2.40. The number of carbonyl (C=O) groups is 2. The van der Waals surface area contributed by atoms with Gasteiger partial charge in [0, 0.05) is 5.92 Å². The molecular formula is C21H25NO2. The molecule has 0 heterocycles. The summed E-state index contributed by atoms with van der Waals surface area (Å²) in [6.45, 7) is 3.93. The van der Waals surface area contributed by atoms with Crippen LogP contribution in [0.5, 0.6) is 0 Å². The number of amides is 1. The van der Waals surface area contributed by atoms with E-state index in [4.69, 9.17) is 0 Å². The molecule has 2 aromatic rings. The van der Waals surface area contributed by atoms with Gasteiger partial charge >= 0.3 is 0 Å². The van der Waals surface area contributed by atoms with E-state index in [1.807, 2.05) is 56.3 Å². The number of rotatable bonds is 8. The van der Waals surface area contributed by atoms with Gasteiger partial charge in [0.15, 0.2) is 0 Å². The van der Waals surface area contributed by atoms with Crippen molar-refractivity contribution in [3.8, 4) is 0 Å². The minimum absolute atomic E-state index is 0.0601. The topological polar surface area (TPSA) is 46.2 Å². The second kappa shape index (κ2) is 9.02. The molecule has 126 valence electrons. The van der Waals surface area contributed by atoms with Crippen molar-refractivity contribution >= 4 is 12.2 Å². The largest absolute Gasteiger partial charge is 0.346 e. The molecule has 3 heteroatoms. The van der Waals surface area contributed by atoms with Gasteiger partial charge in [-0.15, -0.1) is 0 Å². The Morgan fingerprint density at radius 3 is 2.33 bits per heavy atom. The third-order valence-electron chi connectivity index (χ3n) is 4.22. The van der Waals surface area contributed by atoms with Crippen molar-refractivity contribution in [2.75, 3.05) is 0 Å². The van der Waals surface area contributed by atoms with Crippen LogP contribution in [0.4, 0.5) is 0 Å². The zero-order valence-electron chi connectivity index (χ0n) is 14.4. The fourth-order valence-electron chi connectivity index (χ4n) is 2.60. The summed E-state index contributed by atoms with van der Waals surface area (Å²) in [6.07, 6.45) is 2.98. The molecule has 0 aromatic heterocycles. The summed E-state index contributed by atoms with van der Waals surface area (Å²) in [5.41, 5.74) is 3.46. The Morgan fingerprint density at radius 2 is 1.71 bits per heavy atom. The van der Waals surface area contributed by atoms with Gasteiger partial charge in [0.25, 0.3) is 0 Å². The van der Waals surface area contributed by atoms with Crippen LogP contribution in [0.15, 0.2) is 54.6 Å². The van der Waals surface area contributed by atoms with E-state index >= 15 is 0 Å². The van der Waals surface area contributed by atoms with Gasteiger partial charge < -0.3 is 10.1 Å². The highest BCUT2D eigenvalue weighted by atomic mass is 16.2. The Hall–Kier alpha value is -2.42. The van der Waals surface area contributed by atoms with E-state index < -0.39 is 6.04 Å². The monoisotopic (exact) mass is 323 g/mol. The van der Waals surface area contributed by atoms with E-state index in [2.05, 4.69) is 17.4 Å². The van der Waals surface area contributed by atoms with Crippen LogP contribution in [-0.2, 0) is 22.4 Å². The lowest BCUT2D eigenvalue weighted by Gasteiger charge is -2.17. The Labute approximate surface area is 144 Å². The van der Waals surface area contributed by atoms with E-state index in [-0.39, 0.29) is 11.8 Å². The first-order valence-corrected chi connectivity index (χ1v) is 8.43. The van der Waals surface area contributed by atoms with Crippen LogP contribution in [0.1, 0.15) is 30.0 Å². The molecule has 0 unspecified atom stereocenters. The van der Waals surface area contributed by atoms with Gasteiger partial charge in [0.2, 0.25) is 5.91 Å². The van der Waals surface area contributed by atoms with Crippen LogP contribution in [0, 0.1) is 12.8 Å². The maximum absolute atomic E-state index is 12.3. The number of hydrogen-bond donors (Lipinski definition) is 1. The maximum atomic E-state index is 12.3. The zero-order valence-corrected chi connectivity index (χ0v) is 14.4. The number of carbonyl (C=O) groups excluding carboxylic acids is 2. The summed E-state index contributed by atoms with van der Waals surface area (Å²) in [7, 11) is 0. The predicted molar refractivity (Wildman–Crippen MR) is 96.8 cm³/mol. The van der Waals surface area contributed by atoms with Crippen molar-refractivity contribution in [3.63, 3.8) is 0 Å². The van der Waals surface area contributed by atoms with Crippen molar-refractivity contribution in [1.82, 2.24) is 5.32 Å². The van der Waals surface area contributed by atoms with Crippen molar-refractivity contribution in [1.29, 1.82) is 0 Å². The molecule has 0 spiro atoms. The molecule has 2 rings (SSSR count). The maximum Gasteiger partial charge on any atom is 0.223 e. The molecule has 0 aliphatic rings. The summed E-state index contributed by atoms with van der Waals surface area (Å²) >= 11 is 0. The van der Waals surface area contributed by atoms with Crippen LogP contribution >= 0.6 is 0 Å². The van der Waals surface area contributed by atoms with E-state index in [1.54, 1.807) is 0 Å². The second-order valence-electron chi connectivity index (χ2n) is 6.37. The van der Waals surface area contributed by atoms with Crippen molar-refractivity contribution in [2.24, 2.45) is 5.92 Å². The minimum Gasteiger partial charge on any atom is -0.346 e. The summed E-state index contributed by atoms with van der Waals surface area (Å²) in [5, 5.41) is 2.86. The molecule has 0 aliphatic carbocycles. The molecule has 3 nitrogen and oxygen atoms in total. The first-order chi connectivity index (χ1) is 11.6. The molecule has 2 aromatic carbocycles. The van der Waals surface area contributed by atoms with Gasteiger partial charge in [-0.1, -0.05) is 67.1 Å². The molecule has 0 saturated heterocycles. The van der Waals surface area contributed by atoms with Crippen LogP contribution in [0.2, 0.25) is 0 Å². The highest BCUT2D eigenvalue weighted by Crippen LogP contribution is 2.11. The average molecular weight is 323 g/mol. The molecule has 2 atom stereocenters. The van der Waals surface area contributed by atoms with E-state index in [0.29, 0.717) is 6.42 Å². The molecule has 0 radical (unpaired) electrons. The fraction of sp³-hybridized carbons (Fsp3) is 0.333. The number of aldehydes is 1. The predicted octanol–water partition coefficient (Wildman–Crippen LogP) is 3.49. The highest BCUT2D eigenvalue weighted by Gasteiger charge is 2.17. The van der Waals surface area contributed by atoms with Gasteiger partial charge in [-0.2, -0.15) is 0 Å². The smallest absolute Gasteiger partial charge is 0.223 e. The molecular weight excluding hydrogens is 298 g/mol. The lowest BCUT2D eigenvalue weighted by atomic mass is 9.99. The molecule has 0 aliphatic heterocycles. The van der Waals surface area contributed by atoms with Gasteiger partial charge in [-0.05, 0) is 37.3 Å². The van der Waals surface area contributed by atoms with Crippen molar-refractivity contribution in [2.45, 2.75) is 39.2 Å².